The Morgan fingerprint density at radius 2 is 1.92 bits per heavy atom. The third-order valence-electron chi connectivity index (χ3n) is 4.06. The molecule has 7 heteroatoms. The molecule has 1 N–H and O–H groups in total. The summed E-state index contributed by atoms with van der Waals surface area (Å²) in [6.07, 6.45) is 0. The van der Waals surface area contributed by atoms with E-state index in [1.54, 1.807) is 6.07 Å². The van der Waals surface area contributed by atoms with Crippen LogP contribution in [0.4, 0.5) is 11.4 Å². The van der Waals surface area contributed by atoms with E-state index in [2.05, 4.69) is 10.4 Å². The highest BCUT2D eigenvalue weighted by Crippen LogP contribution is 2.28. The molecule has 128 valence electrons. The second-order valence-corrected chi connectivity index (χ2v) is 6.08. The van der Waals surface area contributed by atoms with E-state index < -0.39 is 4.92 Å². The number of nitro benzene ring substituents is 1. The summed E-state index contributed by atoms with van der Waals surface area (Å²) in [6, 6.07) is 14.3. The average molecular weight is 357 g/mol. The van der Waals surface area contributed by atoms with E-state index in [9.17, 15) is 10.1 Å². The fourth-order valence-electron chi connectivity index (χ4n) is 2.70. The lowest BCUT2D eigenvalue weighted by molar-refractivity contribution is -0.384. The number of rotatable bonds is 5. The van der Waals surface area contributed by atoms with Gasteiger partial charge in [0.25, 0.3) is 5.69 Å². The van der Waals surface area contributed by atoms with Crippen molar-refractivity contribution in [1.29, 1.82) is 0 Å². The fraction of sp³-hybridized carbons (Fsp3) is 0.167. The summed E-state index contributed by atoms with van der Waals surface area (Å²) in [5, 5.41) is 18.9. The van der Waals surface area contributed by atoms with Gasteiger partial charge >= 0.3 is 0 Å². The highest BCUT2D eigenvalue weighted by atomic mass is 35.5. The largest absolute Gasteiger partial charge is 0.380 e. The van der Waals surface area contributed by atoms with Crippen molar-refractivity contribution in [3.05, 3.63) is 80.6 Å². The van der Waals surface area contributed by atoms with Crippen LogP contribution in [0.3, 0.4) is 0 Å². The van der Waals surface area contributed by atoms with Crippen molar-refractivity contribution in [2.75, 3.05) is 5.32 Å². The Bertz CT molecular complexity index is 922. The van der Waals surface area contributed by atoms with E-state index in [-0.39, 0.29) is 5.69 Å². The van der Waals surface area contributed by atoms with Gasteiger partial charge in [0, 0.05) is 29.9 Å². The number of para-hydroxylation sites is 1. The molecule has 3 rings (SSSR count). The van der Waals surface area contributed by atoms with Crippen LogP contribution >= 0.6 is 11.6 Å². The minimum atomic E-state index is -0.464. The number of hydrogen-bond donors (Lipinski definition) is 1. The number of non-ortho nitro benzene ring substituents is 1. The molecule has 0 amide bonds. The first-order chi connectivity index (χ1) is 12.0. The topological polar surface area (TPSA) is 73.0 Å². The molecule has 0 saturated heterocycles. The minimum Gasteiger partial charge on any atom is -0.380 e. The standard InChI is InChI=1S/C18H17ClN4O2/c1-12-16(13(2)22(21-12)14-6-4-3-5-7-14)11-20-18-9-8-15(23(24)25)10-17(18)19/h3-10,20H,11H2,1-2H3. The zero-order valence-corrected chi connectivity index (χ0v) is 14.6. The molecule has 0 aliphatic heterocycles. The predicted molar refractivity (Wildman–Crippen MR) is 98.5 cm³/mol. The first kappa shape index (κ1) is 17.0. The third kappa shape index (κ3) is 3.49. The van der Waals surface area contributed by atoms with Crippen molar-refractivity contribution < 1.29 is 4.92 Å². The summed E-state index contributed by atoms with van der Waals surface area (Å²) in [5.41, 5.74) is 4.65. The molecule has 0 fully saturated rings. The van der Waals surface area contributed by atoms with Gasteiger partial charge in [-0.1, -0.05) is 29.8 Å². The van der Waals surface area contributed by atoms with E-state index in [1.807, 2.05) is 48.9 Å². The maximum absolute atomic E-state index is 10.8. The first-order valence-corrected chi connectivity index (χ1v) is 8.13. The van der Waals surface area contributed by atoms with Crippen LogP contribution in [0.1, 0.15) is 17.0 Å². The molecule has 0 atom stereocenters. The van der Waals surface area contributed by atoms with E-state index in [0.717, 1.165) is 22.6 Å². The number of nitrogens with one attached hydrogen (secondary N) is 1. The number of hydrogen-bond acceptors (Lipinski definition) is 4. The van der Waals surface area contributed by atoms with Crippen LogP contribution in [-0.4, -0.2) is 14.7 Å². The van der Waals surface area contributed by atoms with Gasteiger partial charge in [-0.15, -0.1) is 0 Å². The molecule has 0 aliphatic rings. The summed E-state index contributed by atoms with van der Waals surface area (Å²) in [5.74, 6) is 0. The Hall–Kier alpha value is -2.86. The lowest BCUT2D eigenvalue weighted by Gasteiger charge is -2.09. The number of nitro groups is 1. The van der Waals surface area contributed by atoms with Gasteiger partial charge in [0.05, 0.1) is 27.0 Å². The molecule has 0 radical (unpaired) electrons. The summed E-state index contributed by atoms with van der Waals surface area (Å²) in [4.78, 5) is 10.3. The maximum Gasteiger partial charge on any atom is 0.271 e. The summed E-state index contributed by atoms with van der Waals surface area (Å²) < 4.78 is 1.91. The van der Waals surface area contributed by atoms with E-state index >= 15 is 0 Å². The molecule has 1 aromatic heterocycles. The van der Waals surface area contributed by atoms with E-state index in [1.165, 1.54) is 12.1 Å². The van der Waals surface area contributed by atoms with Gasteiger partial charge in [0.1, 0.15) is 0 Å². The van der Waals surface area contributed by atoms with Crippen LogP contribution in [0.15, 0.2) is 48.5 Å². The van der Waals surface area contributed by atoms with E-state index in [0.29, 0.717) is 17.3 Å². The monoisotopic (exact) mass is 356 g/mol. The van der Waals surface area contributed by atoms with Crippen LogP contribution in [0, 0.1) is 24.0 Å². The van der Waals surface area contributed by atoms with Crippen molar-refractivity contribution in [2.24, 2.45) is 0 Å². The van der Waals surface area contributed by atoms with Gasteiger partial charge in [-0.25, -0.2) is 4.68 Å². The van der Waals surface area contributed by atoms with Gasteiger partial charge in [-0.2, -0.15) is 5.10 Å². The van der Waals surface area contributed by atoms with Gasteiger partial charge in [0.2, 0.25) is 0 Å². The fourth-order valence-corrected chi connectivity index (χ4v) is 2.94. The Morgan fingerprint density at radius 3 is 2.56 bits per heavy atom. The van der Waals surface area contributed by atoms with E-state index in [4.69, 9.17) is 11.6 Å². The van der Waals surface area contributed by atoms with Gasteiger partial charge in [-0.05, 0) is 32.0 Å². The number of aromatic nitrogens is 2. The van der Waals surface area contributed by atoms with Crippen LogP contribution in [0.5, 0.6) is 0 Å². The van der Waals surface area contributed by atoms with Crippen molar-refractivity contribution in [3.8, 4) is 5.69 Å². The normalized spacial score (nSPS) is 10.7. The molecule has 6 nitrogen and oxygen atoms in total. The Labute approximate surface area is 150 Å². The molecular weight excluding hydrogens is 340 g/mol. The lowest BCUT2D eigenvalue weighted by Crippen LogP contribution is -2.04. The van der Waals surface area contributed by atoms with Crippen molar-refractivity contribution in [1.82, 2.24) is 9.78 Å². The van der Waals surface area contributed by atoms with Crippen LogP contribution in [0.25, 0.3) is 5.69 Å². The second kappa shape index (κ2) is 6.94. The van der Waals surface area contributed by atoms with Crippen LogP contribution in [-0.2, 0) is 6.54 Å². The number of nitrogens with zero attached hydrogens (tertiary/aromatic N) is 3. The Balaban J connectivity index is 1.83. The maximum atomic E-state index is 10.8. The third-order valence-corrected chi connectivity index (χ3v) is 4.37. The first-order valence-electron chi connectivity index (χ1n) is 7.75. The van der Waals surface area contributed by atoms with Crippen molar-refractivity contribution >= 4 is 23.0 Å². The molecular formula is C18H17ClN4O2. The Morgan fingerprint density at radius 1 is 1.20 bits per heavy atom. The molecule has 2 aromatic carbocycles. The number of aryl methyl sites for hydroxylation is 1. The summed E-state index contributed by atoms with van der Waals surface area (Å²) in [6.45, 7) is 4.50. The highest BCUT2D eigenvalue weighted by molar-refractivity contribution is 6.33. The van der Waals surface area contributed by atoms with Gasteiger partial charge < -0.3 is 5.32 Å². The predicted octanol–water partition coefficient (Wildman–Crippen LogP) is 4.66. The SMILES string of the molecule is Cc1nn(-c2ccccc2)c(C)c1CNc1ccc([N+](=O)[O-])cc1Cl. The Kier molecular flexibility index (Phi) is 4.72. The van der Waals surface area contributed by atoms with Crippen LogP contribution in [0.2, 0.25) is 5.02 Å². The smallest absolute Gasteiger partial charge is 0.271 e. The van der Waals surface area contributed by atoms with Crippen molar-refractivity contribution in [2.45, 2.75) is 20.4 Å². The number of halogens is 1. The molecule has 0 aliphatic carbocycles. The zero-order valence-electron chi connectivity index (χ0n) is 13.9. The summed E-state index contributed by atoms with van der Waals surface area (Å²) >= 11 is 6.13. The zero-order chi connectivity index (χ0) is 18.0. The van der Waals surface area contributed by atoms with Gasteiger partial charge in [0.15, 0.2) is 0 Å². The molecule has 3 aromatic rings. The average Bonchev–Trinajstić information content (AvgIpc) is 2.89. The van der Waals surface area contributed by atoms with Gasteiger partial charge in [-0.3, -0.25) is 10.1 Å². The highest BCUT2D eigenvalue weighted by Gasteiger charge is 2.14. The molecule has 0 spiro atoms. The van der Waals surface area contributed by atoms with Crippen molar-refractivity contribution in [3.63, 3.8) is 0 Å². The number of benzene rings is 2. The molecule has 1 heterocycles. The molecule has 25 heavy (non-hydrogen) atoms. The van der Waals surface area contributed by atoms with Crippen LogP contribution < -0.4 is 5.32 Å². The second-order valence-electron chi connectivity index (χ2n) is 5.67. The minimum absolute atomic E-state index is 0.0280. The summed E-state index contributed by atoms with van der Waals surface area (Å²) in [7, 11) is 0. The number of anilines is 1. The molecule has 0 bridgehead atoms. The quantitative estimate of drug-likeness (QED) is 0.533. The molecule has 0 saturated carbocycles. The molecule has 0 unspecified atom stereocenters. The lowest BCUT2D eigenvalue weighted by atomic mass is 10.2.